The lowest BCUT2D eigenvalue weighted by atomic mass is 10.0. The molecule has 2 heterocycles. The molecular formula is C17H19N3O2. The third kappa shape index (κ3) is 2.93. The molecule has 0 spiro atoms. The number of carbonyl (C=O) groups excluding carboxylic acids is 1. The topological polar surface area (TPSA) is 55.3 Å². The molecule has 1 amide bonds. The van der Waals surface area contributed by atoms with Crippen molar-refractivity contribution in [3.05, 3.63) is 54.1 Å². The fraction of sp³-hybridized carbons (Fsp3) is 0.353. The average Bonchev–Trinajstić information content (AvgIpc) is 3.03. The number of rotatable bonds is 4. The summed E-state index contributed by atoms with van der Waals surface area (Å²) >= 11 is 0. The molecule has 22 heavy (non-hydrogen) atoms. The van der Waals surface area contributed by atoms with Gasteiger partial charge in [0.1, 0.15) is 11.4 Å². The number of nitrogens with zero attached hydrogens (tertiary/aromatic N) is 3. The minimum atomic E-state index is -0.0366. The fourth-order valence-electron chi connectivity index (χ4n) is 3.00. The summed E-state index contributed by atoms with van der Waals surface area (Å²) in [6.07, 6.45) is 7.48. The predicted octanol–water partition coefficient (Wildman–Crippen LogP) is 2.33. The van der Waals surface area contributed by atoms with E-state index in [1.807, 2.05) is 23.1 Å². The van der Waals surface area contributed by atoms with Gasteiger partial charge in [0.25, 0.3) is 5.91 Å². The molecule has 1 atom stereocenters. The smallest absolute Gasteiger partial charge is 0.274 e. The quantitative estimate of drug-likeness (QED) is 0.869. The van der Waals surface area contributed by atoms with Gasteiger partial charge in [-0.2, -0.15) is 0 Å². The number of amides is 1. The molecule has 1 aromatic carbocycles. The maximum Gasteiger partial charge on any atom is 0.274 e. The third-order valence-electron chi connectivity index (χ3n) is 4.07. The zero-order valence-corrected chi connectivity index (χ0v) is 12.6. The van der Waals surface area contributed by atoms with Gasteiger partial charge in [-0.25, -0.2) is 4.98 Å². The Labute approximate surface area is 130 Å². The first-order valence-corrected chi connectivity index (χ1v) is 7.48. The van der Waals surface area contributed by atoms with Crippen molar-refractivity contribution < 1.29 is 9.53 Å². The Kier molecular flexibility index (Phi) is 4.32. The van der Waals surface area contributed by atoms with E-state index in [1.165, 1.54) is 6.20 Å². The Morgan fingerprint density at radius 1 is 1.36 bits per heavy atom. The van der Waals surface area contributed by atoms with Gasteiger partial charge in [-0.1, -0.05) is 18.2 Å². The molecule has 114 valence electrons. The van der Waals surface area contributed by atoms with Crippen LogP contribution in [0.25, 0.3) is 0 Å². The van der Waals surface area contributed by atoms with Crippen molar-refractivity contribution >= 4 is 5.91 Å². The van der Waals surface area contributed by atoms with Crippen LogP contribution in [0.1, 0.15) is 28.9 Å². The molecule has 0 bridgehead atoms. The number of para-hydroxylation sites is 1. The Morgan fingerprint density at radius 3 is 3.00 bits per heavy atom. The SMILES string of the molecule is COc1ccccc1C[C@H]1CCCN1C(=O)c1cnccn1. The molecule has 0 N–H and O–H groups in total. The molecule has 0 radical (unpaired) electrons. The number of aromatic nitrogens is 2. The molecule has 1 aliphatic heterocycles. The van der Waals surface area contributed by atoms with Gasteiger partial charge in [-0.05, 0) is 30.9 Å². The van der Waals surface area contributed by atoms with Crippen LogP contribution >= 0.6 is 0 Å². The number of hydrogen-bond acceptors (Lipinski definition) is 4. The van der Waals surface area contributed by atoms with Crippen LogP contribution in [0.3, 0.4) is 0 Å². The zero-order valence-electron chi connectivity index (χ0n) is 12.6. The monoisotopic (exact) mass is 297 g/mol. The summed E-state index contributed by atoms with van der Waals surface area (Å²) in [5.41, 5.74) is 1.54. The van der Waals surface area contributed by atoms with Crippen LogP contribution < -0.4 is 4.74 Å². The van der Waals surface area contributed by atoms with Crippen LogP contribution in [0, 0.1) is 0 Å². The second-order valence-electron chi connectivity index (χ2n) is 5.40. The maximum atomic E-state index is 12.6. The first-order valence-electron chi connectivity index (χ1n) is 7.48. The first kappa shape index (κ1) is 14.5. The first-order chi connectivity index (χ1) is 10.8. The van der Waals surface area contributed by atoms with E-state index in [0.29, 0.717) is 5.69 Å². The Bertz CT molecular complexity index is 645. The zero-order chi connectivity index (χ0) is 15.4. The highest BCUT2D eigenvalue weighted by Gasteiger charge is 2.30. The molecule has 1 aromatic heterocycles. The lowest BCUT2D eigenvalue weighted by molar-refractivity contribution is 0.0729. The molecule has 3 rings (SSSR count). The van der Waals surface area contributed by atoms with Crippen molar-refractivity contribution in [1.82, 2.24) is 14.9 Å². The summed E-state index contributed by atoms with van der Waals surface area (Å²) in [6.45, 7) is 0.773. The lowest BCUT2D eigenvalue weighted by Gasteiger charge is -2.25. The summed E-state index contributed by atoms with van der Waals surface area (Å²) in [7, 11) is 1.68. The maximum absolute atomic E-state index is 12.6. The van der Waals surface area contributed by atoms with Crippen LogP contribution in [0.5, 0.6) is 5.75 Å². The van der Waals surface area contributed by atoms with E-state index in [4.69, 9.17) is 4.74 Å². The van der Waals surface area contributed by atoms with Crippen molar-refractivity contribution in [2.45, 2.75) is 25.3 Å². The van der Waals surface area contributed by atoms with Crippen molar-refractivity contribution in [2.75, 3.05) is 13.7 Å². The lowest BCUT2D eigenvalue weighted by Crippen LogP contribution is -2.37. The summed E-state index contributed by atoms with van der Waals surface area (Å²) in [5, 5.41) is 0. The second-order valence-corrected chi connectivity index (χ2v) is 5.40. The van der Waals surface area contributed by atoms with Crippen LogP contribution in [-0.4, -0.2) is 40.5 Å². The van der Waals surface area contributed by atoms with E-state index in [-0.39, 0.29) is 11.9 Å². The fourth-order valence-corrected chi connectivity index (χ4v) is 3.00. The molecule has 0 unspecified atom stereocenters. The Balaban J connectivity index is 1.77. The molecule has 1 saturated heterocycles. The number of likely N-dealkylation sites (tertiary alicyclic amines) is 1. The van der Waals surface area contributed by atoms with Gasteiger partial charge in [0.15, 0.2) is 0 Å². The molecule has 1 fully saturated rings. The van der Waals surface area contributed by atoms with Gasteiger partial charge in [0, 0.05) is 25.0 Å². The molecule has 0 saturated carbocycles. The number of benzene rings is 1. The largest absolute Gasteiger partial charge is 0.496 e. The highest BCUT2D eigenvalue weighted by atomic mass is 16.5. The van der Waals surface area contributed by atoms with Crippen molar-refractivity contribution in [3.63, 3.8) is 0 Å². The van der Waals surface area contributed by atoms with Crippen molar-refractivity contribution in [1.29, 1.82) is 0 Å². The number of carbonyl (C=O) groups is 1. The molecule has 5 nitrogen and oxygen atoms in total. The highest BCUT2D eigenvalue weighted by molar-refractivity contribution is 5.92. The predicted molar refractivity (Wildman–Crippen MR) is 82.8 cm³/mol. The van der Waals surface area contributed by atoms with Crippen molar-refractivity contribution in [2.24, 2.45) is 0 Å². The van der Waals surface area contributed by atoms with Gasteiger partial charge in [-0.15, -0.1) is 0 Å². The number of methoxy groups -OCH3 is 1. The Morgan fingerprint density at radius 2 is 2.23 bits per heavy atom. The van der Waals surface area contributed by atoms with Crippen LogP contribution in [-0.2, 0) is 6.42 Å². The van der Waals surface area contributed by atoms with E-state index in [2.05, 4.69) is 16.0 Å². The summed E-state index contributed by atoms with van der Waals surface area (Å²) in [5.74, 6) is 0.840. The Hall–Kier alpha value is -2.43. The average molecular weight is 297 g/mol. The van der Waals surface area contributed by atoms with E-state index in [1.54, 1.807) is 19.5 Å². The number of hydrogen-bond donors (Lipinski definition) is 0. The van der Waals surface area contributed by atoms with E-state index < -0.39 is 0 Å². The van der Waals surface area contributed by atoms with E-state index >= 15 is 0 Å². The minimum Gasteiger partial charge on any atom is -0.496 e. The van der Waals surface area contributed by atoms with Crippen LogP contribution in [0.15, 0.2) is 42.9 Å². The normalized spacial score (nSPS) is 17.5. The second kappa shape index (κ2) is 6.56. The molecule has 1 aliphatic rings. The van der Waals surface area contributed by atoms with Crippen molar-refractivity contribution in [3.8, 4) is 5.75 Å². The summed E-state index contributed by atoms with van der Waals surface area (Å²) < 4.78 is 5.41. The summed E-state index contributed by atoms with van der Waals surface area (Å²) in [4.78, 5) is 22.6. The van der Waals surface area contributed by atoms with E-state index in [0.717, 1.165) is 37.1 Å². The molecule has 0 aliphatic carbocycles. The van der Waals surface area contributed by atoms with Crippen LogP contribution in [0.2, 0.25) is 0 Å². The molecule has 5 heteroatoms. The van der Waals surface area contributed by atoms with Gasteiger partial charge in [0.05, 0.1) is 13.3 Å². The standard InChI is InChI=1S/C17H19N3O2/c1-22-16-7-3-2-5-13(16)11-14-6-4-10-20(14)17(21)15-12-18-8-9-19-15/h2-3,5,7-9,12,14H,4,6,10-11H2,1H3/t14-/m1/s1. The third-order valence-corrected chi connectivity index (χ3v) is 4.07. The summed E-state index contributed by atoms with van der Waals surface area (Å²) in [6, 6.07) is 8.16. The highest BCUT2D eigenvalue weighted by Crippen LogP contribution is 2.26. The van der Waals surface area contributed by atoms with Gasteiger partial charge >= 0.3 is 0 Å². The van der Waals surface area contributed by atoms with E-state index in [9.17, 15) is 4.79 Å². The van der Waals surface area contributed by atoms with Crippen LogP contribution in [0.4, 0.5) is 0 Å². The molecule has 2 aromatic rings. The minimum absolute atomic E-state index is 0.0366. The van der Waals surface area contributed by atoms with Gasteiger partial charge in [-0.3, -0.25) is 9.78 Å². The molecular weight excluding hydrogens is 278 g/mol. The van der Waals surface area contributed by atoms with Gasteiger partial charge < -0.3 is 9.64 Å². The number of ether oxygens (including phenoxy) is 1. The van der Waals surface area contributed by atoms with Gasteiger partial charge in [0.2, 0.25) is 0 Å².